The van der Waals surface area contributed by atoms with Crippen LogP contribution in [0.15, 0.2) is 66.7 Å². The van der Waals surface area contributed by atoms with Crippen LogP contribution >= 0.6 is 11.3 Å². The molecular formula is C19H12N2S. The van der Waals surface area contributed by atoms with Crippen LogP contribution in [0.25, 0.3) is 42.6 Å². The number of benzene rings is 3. The van der Waals surface area contributed by atoms with Crippen molar-refractivity contribution in [2.24, 2.45) is 0 Å². The summed E-state index contributed by atoms with van der Waals surface area (Å²) < 4.78 is 1.23. The van der Waals surface area contributed by atoms with E-state index < -0.39 is 0 Å². The van der Waals surface area contributed by atoms with Crippen LogP contribution in [-0.4, -0.2) is 9.97 Å². The van der Waals surface area contributed by atoms with E-state index in [1.54, 1.807) is 11.3 Å². The van der Waals surface area contributed by atoms with Gasteiger partial charge < -0.3 is 4.98 Å². The number of aromatic nitrogens is 2. The Morgan fingerprint density at radius 1 is 0.773 bits per heavy atom. The first-order valence-electron chi connectivity index (χ1n) is 7.25. The monoisotopic (exact) mass is 300 g/mol. The zero-order valence-corrected chi connectivity index (χ0v) is 12.5. The van der Waals surface area contributed by atoms with Crippen molar-refractivity contribution in [1.82, 2.24) is 9.97 Å². The lowest BCUT2D eigenvalue weighted by molar-refractivity contribution is 1.47. The summed E-state index contributed by atoms with van der Waals surface area (Å²) >= 11 is 1.75. The molecule has 0 aliphatic carbocycles. The number of hydrogen-bond donors (Lipinski definition) is 1. The van der Waals surface area contributed by atoms with E-state index in [1.807, 2.05) is 6.07 Å². The zero-order chi connectivity index (χ0) is 14.5. The first-order valence-corrected chi connectivity index (χ1v) is 8.06. The zero-order valence-electron chi connectivity index (χ0n) is 11.7. The molecule has 0 fully saturated rings. The predicted molar refractivity (Wildman–Crippen MR) is 94.4 cm³/mol. The molecule has 2 heterocycles. The van der Waals surface area contributed by atoms with Crippen LogP contribution in [0.1, 0.15) is 0 Å². The van der Waals surface area contributed by atoms with E-state index in [0.717, 1.165) is 16.0 Å². The molecule has 0 atom stereocenters. The van der Waals surface area contributed by atoms with Gasteiger partial charge in [-0.3, -0.25) is 0 Å². The summed E-state index contributed by atoms with van der Waals surface area (Å²) in [6, 6.07) is 23.2. The molecule has 1 N–H and O–H groups in total. The maximum absolute atomic E-state index is 4.80. The van der Waals surface area contributed by atoms with Crippen molar-refractivity contribution in [3.05, 3.63) is 66.7 Å². The second-order valence-corrected chi connectivity index (χ2v) is 6.45. The minimum Gasteiger partial charge on any atom is -0.354 e. The number of rotatable bonds is 1. The number of para-hydroxylation sites is 1. The van der Waals surface area contributed by atoms with Crippen molar-refractivity contribution in [1.29, 1.82) is 0 Å². The highest BCUT2D eigenvalue weighted by molar-refractivity contribution is 7.21. The van der Waals surface area contributed by atoms with E-state index in [1.165, 1.54) is 26.6 Å². The van der Waals surface area contributed by atoms with Gasteiger partial charge in [0.15, 0.2) is 0 Å². The van der Waals surface area contributed by atoms with Crippen molar-refractivity contribution >= 4 is 43.4 Å². The van der Waals surface area contributed by atoms with E-state index >= 15 is 0 Å². The van der Waals surface area contributed by atoms with Crippen LogP contribution < -0.4 is 0 Å². The van der Waals surface area contributed by atoms with Crippen molar-refractivity contribution in [3.8, 4) is 10.6 Å². The van der Waals surface area contributed by atoms with Crippen LogP contribution in [0.4, 0.5) is 0 Å². The van der Waals surface area contributed by atoms with Gasteiger partial charge in [0.05, 0.1) is 10.2 Å². The van der Waals surface area contributed by atoms with Gasteiger partial charge in [0, 0.05) is 27.4 Å². The molecule has 5 aromatic rings. The quantitative estimate of drug-likeness (QED) is 0.429. The van der Waals surface area contributed by atoms with Crippen LogP contribution in [-0.2, 0) is 0 Å². The molecule has 0 radical (unpaired) electrons. The summed E-state index contributed by atoms with van der Waals surface area (Å²) in [5.41, 5.74) is 4.57. The number of hydrogen-bond acceptors (Lipinski definition) is 2. The van der Waals surface area contributed by atoms with Crippen LogP contribution in [0.2, 0.25) is 0 Å². The summed E-state index contributed by atoms with van der Waals surface area (Å²) in [5.74, 6) is 0. The van der Waals surface area contributed by atoms with E-state index in [-0.39, 0.29) is 0 Å². The average Bonchev–Trinajstić information content (AvgIpc) is 3.14. The molecule has 22 heavy (non-hydrogen) atoms. The third kappa shape index (κ3) is 1.69. The third-order valence-corrected chi connectivity index (χ3v) is 5.10. The Hall–Kier alpha value is -2.65. The lowest BCUT2D eigenvalue weighted by atomic mass is 10.1. The highest BCUT2D eigenvalue weighted by atomic mass is 32.1. The highest BCUT2D eigenvalue weighted by Crippen LogP contribution is 2.35. The first-order chi connectivity index (χ1) is 10.9. The van der Waals surface area contributed by atoms with Gasteiger partial charge in [-0.25, -0.2) is 4.98 Å². The third-order valence-electron chi connectivity index (χ3n) is 4.04. The van der Waals surface area contributed by atoms with Gasteiger partial charge in [-0.2, -0.15) is 0 Å². The SMILES string of the molecule is c1ccc(-c2nc3cc4[nH]c5ccccc5c4cc3s2)cc1. The van der Waals surface area contributed by atoms with E-state index in [9.17, 15) is 0 Å². The fourth-order valence-electron chi connectivity index (χ4n) is 2.98. The van der Waals surface area contributed by atoms with Crippen molar-refractivity contribution in [3.63, 3.8) is 0 Å². The standard InChI is InChI=1S/C19H12N2S/c1-2-6-12(7-3-1)19-21-17-11-16-14(10-18(17)22-19)13-8-4-5-9-15(13)20-16/h1-11,20H. The highest BCUT2D eigenvalue weighted by Gasteiger charge is 2.10. The van der Waals surface area contributed by atoms with Gasteiger partial charge in [0.1, 0.15) is 5.01 Å². The maximum atomic E-state index is 4.80. The Labute approximate surface area is 131 Å². The molecule has 0 bridgehead atoms. The minimum atomic E-state index is 1.06. The summed E-state index contributed by atoms with van der Waals surface area (Å²) in [6.45, 7) is 0. The number of fused-ring (bicyclic) bond motifs is 4. The summed E-state index contributed by atoms with van der Waals surface area (Å²) in [7, 11) is 0. The molecule has 104 valence electrons. The Morgan fingerprint density at radius 3 is 2.50 bits per heavy atom. The molecule has 0 spiro atoms. The Kier molecular flexibility index (Phi) is 2.40. The molecule has 0 aliphatic heterocycles. The molecular weight excluding hydrogens is 288 g/mol. The first kappa shape index (κ1) is 12.0. The van der Waals surface area contributed by atoms with Gasteiger partial charge in [-0.05, 0) is 18.2 Å². The van der Waals surface area contributed by atoms with Gasteiger partial charge in [0.25, 0.3) is 0 Å². The Balaban J connectivity index is 1.81. The van der Waals surface area contributed by atoms with Gasteiger partial charge in [-0.15, -0.1) is 11.3 Å². The van der Waals surface area contributed by atoms with Gasteiger partial charge >= 0.3 is 0 Å². The normalized spacial score (nSPS) is 11.6. The van der Waals surface area contributed by atoms with Crippen LogP contribution in [0.3, 0.4) is 0 Å². The number of nitrogens with one attached hydrogen (secondary N) is 1. The molecule has 5 rings (SSSR count). The molecule has 3 heteroatoms. The largest absolute Gasteiger partial charge is 0.354 e. The lowest BCUT2D eigenvalue weighted by Gasteiger charge is -1.92. The van der Waals surface area contributed by atoms with E-state index in [4.69, 9.17) is 4.98 Å². The van der Waals surface area contributed by atoms with Crippen molar-refractivity contribution in [2.75, 3.05) is 0 Å². The molecule has 0 amide bonds. The second-order valence-electron chi connectivity index (χ2n) is 5.42. The molecule has 2 aromatic heterocycles. The minimum absolute atomic E-state index is 1.06. The molecule has 0 saturated carbocycles. The van der Waals surface area contributed by atoms with Crippen LogP contribution in [0.5, 0.6) is 0 Å². The molecule has 0 unspecified atom stereocenters. The topological polar surface area (TPSA) is 28.7 Å². The Morgan fingerprint density at radius 2 is 1.59 bits per heavy atom. The average molecular weight is 300 g/mol. The number of H-pyrrole nitrogens is 1. The maximum Gasteiger partial charge on any atom is 0.124 e. The molecule has 0 saturated heterocycles. The van der Waals surface area contributed by atoms with Gasteiger partial charge in [-0.1, -0.05) is 48.5 Å². The number of nitrogens with zero attached hydrogens (tertiary/aromatic N) is 1. The van der Waals surface area contributed by atoms with E-state index in [0.29, 0.717) is 0 Å². The number of aromatic amines is 1. The summed E-state index contributed by atoms with van der Waals surface area (Å²) in [5, 5.41) is 3.62. The van der Waals surface area contributed by atoms with Gasteiger partial charge in [0.2, 0.25) is 0 Å². The van der Waals surface area contributed by atoms with Crippen LogP contribution in [0, 0.1) is 0 Å². The van der Waals surface area contributed by atoms with E-state index in [2.05, 4.69) is 65.6 Å². The summed E-state index contributed by atoms with van der Waals surface area (Å²) in [4.78, 5) is 8.29. The fourth-order valence-corrected chi connectivity index (χ4v) is 3.97. The number of thiazole rings is 1. The molecule has 2 nitrogen and oxygen atoms in total. The molecule has 0 aliphatic rings. The Bertz CT molecular complexity index is 1120. The summed E-state index contributed by atoms with van der Waals surface area (Å²) in [6.07, 6.45) is 0. The van der Waals surface area contributed by atoms with Crippen molar-refractivity contribution < 1.29 is 0 Å². The van der Waals surface area contributed by atoms with Crippen molar-refractivity contribution in [2.45, 2.75) is 0 Å². The molecule has 3 aromatic carbocycles. The lowest BCUT2D eigenvalue weighted by Crippen LogP contribution is -1.74. The second kappa shape index (κ2) is 4.42. The predicted octanol–water partition coefficient (Wildman–Crippen LogP) is 5.60. The smallest absolute Gasteiger partial charge is 0.124 e. The fraction of sp³-hybridized carbons (Fsp3) is 0.